The van der Waals surface area contributed by atoms with Crippen LogP contribution < -0.4 is 4.90 Å². The van der Waals surface area contributed by atoms with Crippen molar-refractivity contribution in [3.63, 3.8) is 0 Å². The van der Waals surface area contributed by atoms with E-state index in [1.54, 1.807) is 0 Å². The molecule has 0 aliphatic heterocycles. The lowest BCUT2D eigenvalue weighted by Crippen LogP contribution is -2.17. The lowest BCUT2D eigenvalue weighted by molar-refractivity contribution is 0.660. The number of aromatic nitrogens is 1. The van der Waals surface area contributed by atoms with Crippen molar-refractivity contribution in [2.75, 3.05) is 4.90 Å². The monoisotopic (exact) mass is 678 g/mol. The third kappa shape index (κ3) is 4.94. The molecule has 0 fully saturated rings. The van der Waals surface area contributed by atoms with Gasteiger partial charge in [-0.2, -0.15) is 0 Å². The molecule has 0 atom stereocenters. The third-order valence-corrected chi connectivity index (χ3v) is 11.2. The van der Waals surface area contributed by atoms with Crippen LogP contribution in [0.2, 0.25) is 0 Å². The molecule has 0 saturated heterocycles. The summed E-state index contributed by atoms with van der Waals surface area (Å²) >= 11 is 0. The van der Waals surface area contributed by atoms with Crippen molar-refractivity contribution < 1.29 is 0 Å². The Hall–Kier alpha value is -6.64. The summed E-state index contributed by atoms with van der Waals surface area (Å²) in [6.45, 7) is 4.72. The van der Waals surface area contributed by atoms with Crippen LogP contribution in [0.4, 0.5) is 17.1 Å². The van der Waals surface area contributed by atoms with Gasteiger partial charge in [0.2, 0.25) is 0 Å². The Morgan fingerprint density at radius 1 is 0.415 bits per heavy atom. The van der Waals surface area contributed by atoms with E-state index < -0.39 is 0 Å². The molecule has 10 rings (SSSR count). The summed E-state index contributed by atoms with van der Waals surface area (Å²) in [5, 5.41) is 2.49. The Bertz CT molecular complexity index is 2790. The van der Waals surface area contributed by atoms with E-state index in [4.69, 9.17) is 0 Å². The zero-order chi connectivity index (χ0) is 35.5. The van der Waals surface area contributed by atoms with Crippen molar-refractivity contribution >= 4 is 38.9 Å². The van der Waals surface area contributed by atoms with Crippen LogP contribution in [0.1, 0.15) is 25.0 Å². The molecule has 2 nitrogen and oxygen atoms in total. The highest BCUT2D eigenvalue weighted by atomic mass is 15.1. The maximum atomic E-state index is 2.46. The highest BCUT2D eigenvalue weighted by Gasteiger charge is 2.36. The zero-order valence-corrected chi connectivity index (χ0v) is 29.9. The Morgan fingerprint density at radius 3 is 1.87 bits per heavy atom. The second-order valence-corrected chi connectivity index (χ2v) is 14.6. The minimum absolute atomic E-state index is 0.116. The number of benzene rings is 8. The average molecular weight is 679 g/mol. The predicted molar refractivity (Wildman–Crippen MR) is 224 cm³/mol. The Labute approximate surface area is 310 Å². The Morgan fingerprint density at radius 2 is 1.06 bits per heavy atom. The van der Waals surface area contributed by atoms with Crippen molar-refractivity contribution in [1.29, 1.82) is 0 Å². The van der Waals surface area contributed by atoms with Crippen LogP contribution in [0.25, 0.3) is 60.9 Å². The van der Waals surface area contributed by atoms with Gasteiger partial charge in [0.05, 0.1) is 16.7 Å². The second-order valence-electron chi connectivity index (χ2n) is 14.6. The summed E-state index contributed by atoms with van der Waals surface area (Å²) in [4.78, 5) is 2.46. The average Bonchev–Trinajstić information content (AvgIpc) is 3.67. The van der Waals surface area contributed by atoms with Gasteiger partial charge in [-0.3, -0.25) is 0 Å². The van der Waals surface area contributed by atoms with E-state index in [0.717, 1.165) is 22.7 Å². The molecule has 1 aliphatic carbocycles. The van der Waals surface area contributed by atoms with Crippen LogP contribution in [0.15, 0.2) is 194 Å². The first-order chi connectivity index (χ1) is 26.1. The molecule has 1 heterocycles. The van der Waals surface area contributed by atoms with Gasteiger partial charge in [0, 0.05) is 38.8 Å². The summed E-state index contributed by atoms with van der Waals surface area (Å²) in [5.41, 5.74) is 16.9. The topological polar surface area (TPSA) is 8.17 Å². The fraction of sp³-hybridized carbons (Fsp3) is 0.0588. The SMILES string of the molecule is CC1(C)c2ccccc2-c2ccc(N(c3ccccc3)c3cccc(-c4ccccc4)c3-c3ccc4c5ccccc5n(-c5ccccc5)c4c3)cc21. The number of hydrogen-bond donors (Lipinski definition) is 0. The third-order valence-electron chi connectivity index (χ3n) is 11.2. The molecule has 2 heteroatoms. The maximum Gasteiger partial charge on any atom is 0.0547 e. The summed E-state index contributed by atoms with van der Waals surface area (Å²) in [6, 6.07) is 70.9. The lowest BCUT2D eigenvalue weighted by Gasteiger charge is -2.30. The minimum Gasteiger partial charge on any atom is -0.310 e. The molecule has 252 valence electrons. The van der Waals surface area contributed by atoms with Crippen molar-refractivity contribution in [1.82, 2.24) is 4.57 Å². The summed E-state index contributed by atoms with van der Waals surface area (Å²) in [5.74, 6) is 0. The molecule has 0 N–H and O–H groups in total. The van der Waals surface area contributed by atoms with Gasteiger partial charge in [0.25, 0.3) is 0 Å². The molecular formula is C51H38N2. The fourth-order valence-corrected chi connectivity index (χ4v) is 8.71. The van der Waals surface area contributed by atoms with Gasteiger partial charge in [0.1, 0.15) is 0 Å². The summed E-state index contributed by atoms with van der Waals surface area (Å²) in [6.07, 6.45) is 0. The van der Waals surface area contributed by atoms with Crippen LogP contribution in [0.3, 0.4) is 0 Å². The minimum atomic E-state index is -0.116. The zero-order valence-electron chi connectivity index (χ0n) is 29.9. The van der Waals surface area contributed by atoms with Gasteiger partial charge in [-0.15, -0.1) is 0 Å². The normalized spacial score (nSPS) is 12.9. The standard InChI is InChI=1S/C51H38N2/c1-51(2)45-26-14-12-23-41(45)42-32-30-39(34-46(42)51)52(37-19-8-4-9-20-37)48-28-16-25-40(35-17-6-3-7-18-35)50(48)36-29-31-44-43-24-13-15-27-47(43)53(49(44)33-36)38-21-10-5-11-22-38/h3-34H,1-2H3. The van der Waals surface area contributed by atoms with Crippen LogP contribution in [-0.4, -0.2) is 4.57 Å². The molecule has 1 aliphatic rings. The molecule has 0 bridgehead atoms. The van der Waals surface area contributed by atoms with Crippen LogP contribution >= 0.6 is 0 Å². The van der Waals surface area contributed by atoms with E-state index >= 15 is 0 Å². The van der Waals surface area contributed by atoms with Crippen molar-refractivity contribution in [3.05, 3.63) is 205 Å². The van der Waals surface area contributed by atoms with Crippen LogP contribution in [0, 0.1) is 0 Å². The smallest absolute Gasteiger partial charge is 0.0547 e. The molecule has 8 aromatic carbocycles. The molecule has 9 aromatic rings. The highest BCUT2D eigenvalue weighted by Crippen LogP contribution is 2.52. The Balaban J connectivity index is 1.26. The van der Waals surface area contributed by atoms with E-state index in [0.29, 0.717) is 0 Å². The quantitative estimate of drug-likeness (QED) is 0.170. The molecule has 0 spiro atoms. The molecule has 0 radical (unpaired) electrons. The van der Waals surface area contributed by atoms with Crippen molar-refractivity contribution in [3.8, 4) is 39.1 Å². The molecule has 0 unspecified atom stereocenters. The van der Waals surface area contributed by atoms with Gasteiger partial charge < -0.3 is 9.47 Å². The second kappa shape index (κ2) is 12.3. The molecule has 53 heavy (non-hydrogen) atoms. The summed E-state index contributed by atoms with van der Waals surface area (Å²) in [7, 11) is 0. The molecular weight excluding hydrogens is 641 g/mol. The van der Waals surface area contributed by atoms with E-state index in [-0.39, 0.29) is 5.41 Å². The maximum absolute atomic E-state index is 2.46. The molecule has 0 saturated carbocycles. The van der Waals surface area contributed by atoms with Crippen molar-refractivity contribution in [2.45, 2.75) is 19.3 Å². The number of fused-ring (bicyclic) bond motifs is 6. The number of anilines is 3. The molecule has 0 amide bonds. The van der Waals surface area contributed by atoms with Gasteiger partial charge in [0.15, 0.2) is 0 Å². The lowest BCUT2D eigenvalue weighted by atomic mass is 9.82. The van der Waals surface area contributed by atoms with Crippen LogP contribution in [0.5, 0.6) is 0 Å². The van der Waals surface area contributed by atoms with E-state index in [9.17, 15) is 0 Å². The number of para-hydroxylation sites is 3. The number of nitrogens with zero attached hydrogens (tertiary/aromatic N) is 2. The number of hydrogen-bond acceptors (Lipinski definition) is 1. The first-order valence-electron chi connectivity index (χ1n) is 18.4. The van der Waals surface area contributed by atoms with E-state index in [1.165, 1.54) is 66.3 Å². The number of rotatable bonds is 6. The van der Waals surface area contributed by atoms with E-state index in [2.05, 4.69) is 217 Å². The fourth-order valence-electron chi connectivity index (χ4n) is 8.71. The van der Waals surface area contributed by atoms with Gasteiger partial charge in [-0.1, -0.05) is 153 Å². The van der Waals surface area contributed by atoms with Crippen molar-refractivity contribution in [2.24, 2.45) is 0 Å². The summed E-state index contributed by atoms with van der Waals surface area (Å²) < 4.78 is 2.41. The first kappa shape index (κ1) is 31.1. The highest BCUT2D eigenvalue weighted by molar-refractivity contribution is 6.11. The molecule has 1 aromatic heterocycles. The van der Waals surface area contributed by atoms with E-state index in [1.807, 2.05) is 0 Å². The van der Waals surface area contributed by atoms with Gasteiger partial charge >= 0.3 is 0 Å². The van der Waals surface area contributed by atoms with Gasteiger partial charge in [-0.25, -0.2) is 0 Å². The first-order valence-corrected chi connectivity index (χ1v) is 18.4. The largest absolute Gasteiger partial charge is 0.310 e. The van der Waals surface area contributed by atoms with Gasteiger partial charge in [-0.05, 0) is 93.5 Å². The Kier molecular flexibility index (Phi) is 7.19. The predicted octanol–water partition coefficient (Wildman–Crippen LogP) is 13.9. The van der Waals surface area contributed by atoms with Crippen LogP contribution in [-0.2, 0) is 5.41 Å².